The zero-order valence-corrected chi connectivity index (χ0v) is 18.1. The summed E-state index contributed by atoms with van der Waals surface area (Å²) in [5.74, 6) is 0.420. The molecular weight excluding hydrogens is 416 g/mol. The maximum atomic E-state index is 12.5. The highest BCUT2D eigenvalue weighted by Gasteiger charge is 2.12. The lowest BCUT2D eigenvalue weighted by Gasteiger charge is -2.08. The van der Waals surface area contributed by atoms with Crippen LogP contribution in [0, 0.1) is 18.3 Å². The molecule has 0 aliphatic carbocycles. The molecule has 1 amide bonds. The molecule has 0 radical (unpaired) electrons. The Bertz CT molecular complexity index is 1090. The van der Waals surface area contributed by atoms with Crippen molar-refractivity contribution in [3.63, 3.8) is 0 Å². The molecule has 0 atom stereocenters. The summed E-state index contributed by atoms with van der Waals surface area (Å²) >= 11 is 8.05. The van der Waals surface area contributed by atoms with Gasteiger partial charge in [0.15, 0.2) is 0 Å². The molecule has 0 saturated heterocycles. The minimum Gasteiger partial charge on any atom is -0.321 e. The highest BCUT2D eigenvalue weighted by molar-refractivity contribution is 7.99. The first-order valence-electron chi connectivity index (χ1n) is 9.43. The van der Waals surface area contributed by atoms with Crippen LogP contribution in [-0.2, 0) is 11.3 Å². The van der Waals surface area contributed by atoms with Gasteiger partial charge in [0.05, 0.1) is 24.0 Å². The Kier molecular flexibility index (Phi) is 7.72. The molecule has 152 valence electrons. The quantitative estimate of drug-likeness (QED) is 0.285. The highest BCUT2D eigenvalue weighted by atomic mass is 35.5. The van der Waals surface area contributed by atoms with E-state index in [0.717, 1.165) is 27.4 Å². The van der Waals surface area contributed by atoms with E-state index in [1.807, 2.05) is 61.5 Å². The van der Waals surface area contributed by atoms with Crippen molar-refractivity contribution in [1.29, 1.82) is 5.26 Å². The van der Waals surface area contributed by atoms with E-state index in [1.54, 1.807) is 22.5 Å². The molecule has 7 heteroatoms. The first kappa shape index (κ1) is 21.7. The number of aryl methyl sites for hydroxylation is 1. The Hall–Kier alpha value is -3.01. The molecule has 30 heavy (non-hydrogen) atoms. The van der Waals surface area contributed by atoms with E-state index in [9.17, 15) is 4.79 Å². The second-order valence-corrected chi connectivity index (χ2v) is 8.00. The number of rotatable bonds is 8. The van der Waals surface area contributed by atoms with Gasteiger partial charge in [-0.1, -0.05) is 54.1 Å². The molecule has 0 aliphatic heterocycles. The van der Waals surface area contributed by atoms with Crippen molar-refractivity contribution in [2.24, 2.45) is 0 Å². The third-order valence-electron chi connectivity index (χ3n) is 4.30. The van der Waals surface area contributed by atoms with Gasteiger partial charge in [0, 0.05) is 28.7 Å². The third kappa shape index (κ3) is 5.76. The van der Waals surface area contributed by atoms with Gasteiger partial charge in [-0.05, 0) is 30.7 Å². The summed E-state index contributed by atoms with van der Waals surface area (Å²) in [5.41, 5.74) is 3.30. The van der Waals surface area contributed by atoms with Crippen LogP contribution in [0.15, 0.2) is 65.6 Å². The topological polar surface area (TPSA) is 70.7 Å². The predicted molar refractivity (Wildman–Crippen MR) is 123 cm³/mol. The van der Waals surface area contributed by atoms with E-state index in [1.165, 1.54) is 6.08 Å². The molecule has 0 bridgehead atoms. The summed E-state index contributed by atoms with van der Waals surface area (Å²) in [6.45, 7) is 2.43. The lowest BCUT2D eigenvalue weighted by molar-refractivity contribution is -0.111. The summed E-state index contributed by atoms with van der Waals surface area (Å²) < 4.78 is 1.73. The van der Waals surface area contributed by atoms with Gasteiger partial charge >= 0.3 is 0 Å². The lowest BCUT2D eigenvalue weighted by Crippen LogP contribution is -2.08. The van der Waals surface area contributed by atoms with Crippen molar-refractivity contribution in [1.82, 2.24) is 9.78 Å². The van der Waals surface area contributed by atoms with Crippen LogP contribution in [0.4, 0.5) is 5.69 Å². The van der Waals surface area contributed by atoms with E-state index < -0.39 is 0 Å². The van der Waals surface area contributed by atoms with Gasteiger partial charge in [0.25, 0.3) is 0 Å². The molecule has 0 aliphatic rings. The first-order chi connectivity index (χ1) is 14.6. The van der Waals surface area contributed by atoms with Crippen LogP contribution in [0.2, 0.25) is 5.15 Å². The number of nitrogens with zero attached hydrogens (tertiary/aromatic N) is 3. The molecule has 1 N–H and O–H groups in total. The van der Waals surface area contributed by atoms with Crippen LogP contribution < -0.4 is 5.32 Å². The molecule has 3 rings (SSSR count). The minimum atomic E-state index is -0.255. The minimum absolute atomic E-state index is 0.255. The smallest absolute Gasteiger partial charge is 0.248 e. The molecular formula is C23H21ClN4OS. The van der Waals surface area contributed by atoms with Crippen LogP contribution >= 0.6 is 23.4 Å². The van der Waals surface area contributed by atoms with E-state index >= 15 is 0 Å². The van der Waals surface area contributed by atoms with Gasteiger partial charge in [-0.2, -0.15) is 10.4 Å². The van der Waals surface area contributed by atoms with Crippen LogP contribution in [0.1, 0.15) is 23.2 Å². The molecule has 1 aromatic heterocycles. The van der Waals surface area contributed by atoms with E-state index in [4.69, 9.17) is 16.9 Å². The van der Waals surface area contributed by atoms with Gasteiger partial charge < -0.3 is 5.32 Å². The maximum absolute atomic E-state index is 12.5. The number of anilines is 1. The molecule has 0 unspecified atom stereocenters. The standard InChI is InChI=1S/C23H21ClN4OS/c1-17-19(23(24)28(27-17)16-18-8-3-2-4-9-18)12-13-22(29)26-20-10-5-6-11-21(20)30-15-7-14-25/h2-6,8-13H,7,15-16H2,1H3,(H,26,29). The van der Waals surface area contributed by atoms with Crippen LogP contribution in [0.3, 0.4) is 0 Å². The number of halogens is 1. The summed E-state index contributed by atoms with van der Waals surface area (Å²) in [4.78, 5) is 13.4. The number of carbonyl (C=O) groups excluding carboxylic acids is 1. The van der Waals surface area contributed by atoms with Crippen LogP contribution in [-0.4, -0.2) is 21.4 Å². The number of hydrogen-bond acceptors (Lipinski definition) is 4. The second-order valence-electron chi connectivity index (χ2n) is 6.51. The van der Waals surface area contributed by atoms with Gasteiger partial charge in [0.1, 0.15) is 5.15 Å². The molecule has 5 nitrogen and oxygen atoms in total. The molecule has 0 spiro atoms. The summed E-state index contributed by atoms with van der Waals surface area (Å²) in [6, 6.07) is 19.6. The summed E-state index contributed by atoms with van der Waals surface area (Å²) in [5, 5.41) is 16.6. The Labute approximate surface area is 185 Å². The summed E-state index contributed by atoms with van der Waals surface area (Å²) in [7, 11) is 0. The van der Waals surface area contributed by atoms with E-state index in [0.29, 0.717) is 23.9 Å². The molecule has 0 saturated carbocycles. The second kappa shape index (κ2) is 10.7. The van der Waals surface area contributed by atoms with Crippen molar-refractivity contribution in [2.45, 2.75) is 24.8 Å². The van der Waals surface area contributed by atoms with Crippen molar-refractivity contribution in [2.75, 3.05) is 11.1 Å². The number of amides is 1. The number of nitriles is 1. The lowest BCUT2D eigenvalue weighted by atomic mass is 10.2. The van der Waals surface area contributed by atoms with Gasteiger partial charge in [-0.3, -0.25) is 4.79 Å². The van der Waals surface area contributed by atoms with Gasteiger partial charge in [0.2, 0.25) is 5.91 Å². The van der Waals surface area contributed by atoms with E-state index in [2.05, 4.69) is 16.5 Å². The SMILES string of the molecule is Cc1nn(Cc2ccccc2)c(Cl)c1C=CC(=O)Nc1ccccc1SCCC#N. The van der Waals surface area contributed by atoms with Crippen molar-refractivity contribution in [3.8, 4) is 6.07 Å². The van der Waals surface area contributed by atoms with E-state index in [-0.39, 0.29) is 5.91 Å². The Morgan fingerprint density at radius 2 is 1.97 bits per heavy atom. The first-order valence-corrected chi connectivity index (χ1v) is 10.8. The fraction of sp³-hybridized carbons (Fsp3) is 0.174. The average Bonchev–Trinajstić information content (AvgIpc) is 3.01. The zero-order valence-electron chi connectivity index (χ0n) is 16.5. The fourth-order valence-electron chi connectivity index (χ4n) is 2.85. The number of aromatic nitrogens is 2. The molecule has 0 fully saturated rings. The highest BCUT2D eigenvalue weighted by Crippen LogP contribution is 2.27. The molecule has 2 aromatic carbocycles. The Morgan fingerprint density at radius 1 is 1.23 bits per heavy atom. The Morgan fingerprint density at radius 3 is 2.73 bits per heavy atom. The van der Waals surface area contributed by atoms with Crippen molar-refractivity contribution in [3.05, 3.63) is 82.6 Å². The molecule has 3 aromatic rings. The number of benzene rings is 2. The van der Waals surface area contributed by atoms with Gasteiger partial charge in [-0.15, -0.1) is 11.8 Å². The van der Waals surface area contributed by atoms with Crippen molar-refractivity contribution < 1.29 is 4.79 Å². The number of para-hydroxylation sites is 1. The number of hydrogen-bond donors (Lipinski definition) is 1. The number of nitrogens with one attached hydrogen (secondary N) is 1. The van der Waals surface area contributed by atoms with Crippen molar-refractivity contribution >= 4 is 41.0 Å². The molecule has 1 heterocycles. The predicted octanol–water partition coefficient (Wildman–Crippen LogP) is 5.55. The zero-order chi connectivity index (χ0) is 21.3. The maximum Gasteiger partial charge on any atom is 0.248 e. The normalized spacial score (nSPS) is 10.8. The largest absolute Gasteiger partial charge is 0.321 e. The van der Waals surface area contributed by atoms with Gasteiger partial charge in [-0.25, -0.2) is 4.68 Å². The average molecular weight is 437 g/mol. The summed E-state index contributed by atoms with van der Waals surface area (Å²) in [6.07, 6.45) is 3.60. The Balaban J connectivity index is 1.69. The van der Waals surface area contributed by atoms with Crippen LogP contribution in [0.25, 0.3) is 6.08 Å². The number of thioether (sulfide) groups is 1. The fourth-order valence-corrected chi connectivity index (χ4v) is 4.01. The number of carbonyl (C=O) groups is 1. The third-order valence-corrected chi connectivity index (χ3v) is 5.78. The van der Waals surface area contributed by atoms with Crippen LogP contribution in [0.5, 0.6) is 0 Å². The monoisotopic (exact) mass is 436 g/mol.